The zero-order chi connectivity index (χ0) is 9.68. The first-order chi connectivity index (χ1) is 6.22. The van der Waals surface area contributed by atoms with Crippen molar-refractivity contribution in [1.82, 2.24) is 9.78 Å². The summed E-state index contributed by atoms with van der Waals surface area (Å²) < 4.78 is 6.82. The fourth-order valence-corrected chi connectivity index (χ4v) is 0.862. The van der Waals surface area contributed by atoms with Gasteiger partial charge in [0.15, 0.2) is 0 Å². The summed E-state index contributed by atoms with van der Waals surface area (Å²) in [5, 5.41) is 12.4. The minimum absolute atomic E-state index is 0.368. The molecule has 0 bridgehead atoms. The van der Waals surface area contributed by atoms with Gasteiger partial charge in [-0.05, 0) is 13.0 Å². The van der Waals surface area contributed by atoms with Crippen LogP contribution < -0.4 is 5.73 Å². The topological polar surface area (TPSA) is 76.9 Å². The van der Waals surface area contributed by atoms with Crippen molar-refractivity contribution in [3.63, 3.8) is 0 Å². The molecule has 1 atom stereocenters. The lowest BCUT2D eigenvalue weighted by molar-refractivity contribution is 0.0932. The Hall–Kier alpha value is -1.54. The molecule has 0 saturated carbocycles. The molecule has 1 aromatic heterocycles. The molecule has 13 heavy (non-hydrogen) atoms. The van der Waals surface area contributed by atoms with Crippen LogP contribution in [0, 0.1) is 11.3 Å². The smallest absolute Gasteiger partial charge is 0.145 e. The highest BCUT2D eigenvalue weighted by atomic mass is 16.5. The molecule has 0 aliphatic heterocycles. The van der Waals surface area contributed by atoms with Crippen molar-refractivity contribution in [3.8, 4) is 6.07 Å². The van der Waals surface area contributed by atoms with Gasteiger partial charge in [0, 0.05) is 6.20 Å². The zero-order valence-electron chi connectivity index (χ0n) is 7.47. The summed E-state index contributed by atoms with van der Waals surface area (Å²) in [6.45, 7) is 2.79. The van der Waals surface area contributed by atoms with Crippen LogP contribution in [-0.2, 0) is 11.3 Å². The third-order valence-electron chi connectivity index (χ3n) is 1.53. The van der Waals surface area contributed by atoms with Crippen LogP contribution in [0.4, 0.5) is 5.82 Å². The summed E-state index contributed by atoms with van der Waals surface area (Å²) in [4.78, 5) is 0. The highest BCUT2D eigenvalue weighted by Gasteiger charge is 1.99. The van der Waals surface area contributed by atoms with Crippen LogP contribution in [0.15, 0.2) is 12.3 Å². The molecule has 5 heteroatoms. The van der Waals surface area contributed by atoms with Crippen LogP contribution in [0.25, 0.3) is 0 Å². The standard InChI is InChI=1S/C8H12N4O/c1-7(6-9)13-5-4-12-3-2-8(10)11-12/h2-3,7H,4-5H2,1H3,(H2,10,11). The summed E-state index contributed by atoms with van der Waals surface area (Å²) >= 11 is 0. The number of hydrogen-bond acceptors (Lipinski definition) is 4. The van der Waals surface area contributed by atoms with Crippen LogP contribution in [-0.4, -0.2) is 22.5 Å². The van der Waals surface area contributed by atoms with Gasteiger partial charge in [-0.2, -0.15) is 10.4 Å². The Morgan fingerprint density at radius 1 is 1.85 bits per heavy atom. The Balaban J connectivity index is 2.25. The van der Waals surface area contributed by atoms with Crippen molar-refractivity contribution >= 4 is 5.82 Å². The molecule has 70 valence electrons. The second kappa shape index (κ2) is 4.48. The van der Waals surface area contributed by atoms with E-state index < -0.39 is 0 Å². The van der Waals surface area contributed by atoms with E-state index in [1.54, 1.807) is 23.9 Å². The summed E-state index contributed by atoms with van der Waals surface area (Å²) in [5.74, 6) is 0.494. The molecule has 5 nitrogen and oxygen atoms in total. The molecule has 0 spiro atoms. The fraction of sp³-hybridized carbons (Fsp3) is 0.500. The van der Waals surface area contributed by atoms with Crippen molar-refractivity contribution < 1.29 is 4.74 Å². The van der Waals surface area contributed by atoms with Crippen LogP contribution in [0.2, 0.25) is 0 Å². The van der Waals surface area contributed by atoms with E-state index in [1.165, 1.54) is 0 Å². The van der Waals surface area contributed by atoms with Crippen molar-refractivity contribution in [2.45, 2.75) is 19.6 Å². The average molecular weight is 180 g/mol. The minimum atomic E-state index is -0.368. The molecule has 0 fully saturated rings. The molecule has 1 unspecified atom stereocenters. The average Bonchev–Trinajstić information content (AvgIpc) is 2.51. The number of nitrogens with zero attached hydrogens (tertiary/aromatic N) is 3. The first-order valence-corrected chi connectivity index (χ1v) is 4.02. The number of anilines is 1. The zero-order valence-corrected chi connectivity index (χ0v) is 7.47. The van der Waals surface area contributed by atoms with Gasteiger partial charge in [-0.1, -0.05) is 0 Å². The molecule has 0 saturated heterocycles. The number of ether oxygens (including phenoxy) is 1. The molecule has 0 aliphatic rings. The molecule has 0 aromatic carbocycles. The first-order valence-electron chi connectivity index (χ1n) is 4.02. The summed E-state index contributed by atoms with van der Waals surface area (Å²) in [6.07, 6.45) is 1.41. The third kappa shape index (κ3) is 3.13. The van der Waals surface area contributed by atoms with Crippen molar-refractivity contribution in [3.05, 3.63) is 12.3 Å². The summed E-state index contributed by atoms with van der Waals surface area (Å²) in [6, 6.07) is 3.70. The van der Waals surface area contributed by atoms with Gasteiger partial charge >= 0.3 is 0 Å². The molecular weight excluding hydrogens is 168 g/mol. The minimum Gasteiger partial charge on any atom is -0.382 e. The van der Waals surface area contributed by atoms with Crippen molar-refractivity contribution in [2.24, 2.45) is 0 Å². The Labute approximate surface area is 76.7 Å². The SMILES string of the molecule is CC(C#N)OCCn1ccc(N)n1. The van der Waals surface area contributed by atoms with E-state index in [1.807, 2.05) is 6.07 Å². The van der Waals surface area contributed by atoms with Gasteiger partial charge in [0.1, 0.15) is 11.9 Å². The van der Waals surface area contributed by atoms with Crippen LogP contribution in [0.5, 0.6) is 0 Å². The maximum absolute atomic E-state index is 8.42. The molecule has 0 amide bonds. The van der Waals surface area contributed by atoms with Crippen molar-refractivity contribution in [2.75, 3.05) is 12.3 Å². The maximum atomic E-state index is 8.42. The lowest BCUT2D eigenvalue weighted by Gasteiger charge is -2.04. The molecule has 0 aliphatic carbocycles. The van der Waals surface area contributed by atoms with Gasteiger partial charge < -0.3 is 10.5 Å². The normalized spacial score (nSPS) is 12.3. The highest BCUT2D eigenvalue weighted by molar-refractivity contribution is 5.23. The van der Waals surface area contributed by atoms with Crippen LogP contribution in [0.1, 0.15) is 6.92 Å². The van der Waals surface area contributed by atoms with Gasteiger partial charge in [0.2, 0.25) is 0 Å². The molecular formula is C8H12N4O. The van der Waals surface area contributed by atoms with Gasteiger partial charge in [-0.25, -0.2) is 0 Å². The molecule has 2 N–H and O–H groups in total. The second-order valence-corrected chi connectivity index (χ2v) is 2.65. The molecule has 0 radical (unpaired) electrons. The largest absolute Gasteiger partial charge is 0.382 e. The lowest BCUT2D eigenvalue weighted by Crippen LogP contribution is -2.12. The number of aromatic nitrogens is 2. The summed E-state index contributed by atoms with van der Waals surface area (Å²) in [7, 11) is 0. The van der Waals surface area contributed by atoms with Gasteiger partial charge in [-0.15, -0.1) is 0 Å². The number of hydrogen-bond donors (Lipinski definition) is 1. The van der Waals surface area contributed by atoms with Crippen LogP contribution in [0.3, 0.4) is 0 Å². The molecule has 1 heterocycles. The van der Waals surface area contributed by atoms with Gasteiger partial charge in [-0.3, -0.25) is 4.68 Å². The van der Waals surface area contributed by atoms with E-state index >= 15 is 0 Å². The number of nitriles is 1. The molecule has 1 rings (SSSR count). The van der Waals surface area contributed by atoms with E-state index in [2.05, 4.69) is 5.10 Å². The number of nitrogen functional groups attached to an aromatic ring is 1. The predicted molar refractivity (Wildman–Crippen MR) is 47.7 cm³/mol. The van der Waals surface area contributed by atoms with Crippen LogP contribution >= 0.6 is 0 Å². The Morgan fingerprint density at radius 3 is 3.15 bits per heavy atom. The monoisotopic (exact) mass is 180 g/mol. The number of rotatable bonds is 4. The molecule has 1 aromatic rings. The van der Waals surface area contributed by atoms with E-state index in [9.17, 15) is 0 Å². The Bertz CT molecular complexity index is 301. The Morgan fingerprint density at radius 2 is 2.62 bits per heavy atom. The summed E-state index contributed by atoms with van der Waals surface area (Å²) in [5.41, 5.74) is 5.41. The van der Waals surface area contributed by atoms with Crippen molar-refractivity contribution in [1.29, 1.82) is 5.26 Å². The van der Waals surface area contributed by atoms with E-state index in [-0.39, 0.29) is 6.10 Å². The fourth-order valence-electron chi connectivity index (χ4n) is 0.862. The quantitative estimate of drug-likeness (QED) is 0.727. The van der Waals surface area contributed by atoms with E-state index in [0.717, 1.165) is 0 Å². The van der Waals surface area contributed by atoms with E-state index in [4.69, 9.17) is 15.7 Å². The highest BCUT2D eigenvalue weighted by Crippen LogP contribution is 1.96. The first kappa shape index (κ1) is 9.55. The lowest BCUT2D eigenvalue weighted by atomic mass is 10.5. The number of nitrogens with two attached hydrogens (primary N) is 1. The third-order valence-corrected chi connectivity index (χ3v) is 1.53. The van der Waals surface area contributed by atoms with E-state index in [0.29, 0.717) is 19.0 Å². The van der Waals surface area contributed by atoms with Gasteiger partial charge in [0.25, 0.3) is 0 Å². The predicted octanol–water partition coefficient (Wildman–Crippen LogP) is 0.394. The second-order valence-electron chi connectivity index (χ2n) is 2.65. The van der Waals surface area contributed by atoms with Gasteiger partial charge in [0.05, 0.1) is 19.2 Å². The Kier molecular flexibility index (Phi) is 3.29. The maximum Gasteiger partial charge on any atom is 0.145 e.